The molecule has 0 saturated heterocycles. The molecule has 0 heterocycles. The highest BCUT2D eigenvalue weighted by molar-refractivity contribution is 6.30. The zero-order valence-electron chi connectivity index (χ0n) is 10.9. The fourth-order valence-electron chi connectivity index (χ4n) is 1.69. The molecule has 0 radical (unpaired) electrons. The van der Waals surface area contributed by atoms with Crippen molar-refractivity contribution in [2.24, 2.45) is 5.92 Å². The molecule has 96 valence electrons. The van der Waals surface area contributed by atoms with Gasteiger partial charge in [-0.25, -0.2) is 0 Å². The molecule has 1 aromatic carbocycles. The molecule has 1 rings (SSSR count). The van der Waals surface area contributed by atoms with Crippen LogP contribution in [0.25, 0.3) is 0 Å². The number of carbonyl (C=O) groups is 1. The van der Waals surface area contributed by atoms with Crippen molar-refractivity contribution in [3.8, 4) is 6.07 Å². The van der Waals surface area contributed by atoms with Gasteiger partial charge in [0.1, 0.15) is 0 Å². The molecule has 0 N–H and O–H groups in total. The van der Waals surface area contributed by atoms with Crippen molar-refractivity contribution in [1.82, 2.24) is 4.90 Å². The first-order valence-corrected chi connectivity index (χ1v) is 6.23. The summed E-state index contributed by atoms with van der Waals surface area (Å²) in [5.74, 6) is -0.0465. The Balaban J connectivity index is 2.72. The second-order valence-corrected chi connectivity index (χ2v) is 4.95. The molecule has 0 aromatic heterocycles. The number of rotatable bonds is 5. The normalized spacial score (nSPS) is 14.0. The van der Waals surface area contributed by atoms with Crippen molar-refractivity contribution >= 4 is 17.4 Å². The van der Waals surface area contributed by atoms with E-state index in [0.717, 1.165) is 0 Å². The maximum Gasteiger partial charge on any atom is 0.179 e. The topological polar surface area (TPSA) is 44.1 Å². The first-order valence-electron chi connectivity index (χ1n) is 5.85. The average Bonchev–Trinajstić information content (AvgIpc) is 2.37. The molecule has 0 aliphatic heterocycles. The van der Waals surface area contributed by atoms with E-state index in [1.807, 2.05) is 25.8 Å². The third-order valence-corrected chi connectivity index (χ3v) is 3.20. The number of nitriles is 1. The molecule has 2 unspecified atom stereocenters. The Labute approximate surface area is 113 Å². The first kappa shape index (κ1) is 14.7. The van der Waals surface area contributed by atoms with E-state index >= 15 is 0 Å². The van der Waals surface area contributed by atoms with Crippen molar-refractivity contribution in [2.45, 2.75) is 19.9 Å². The second kappa shape index (κ2) is 6.53. The molecule has 0 bridgehead atoms. The summed E-state index contributed by atoms with van der Waals surface area (Å²) in [4.78, 5) is 14.1. The van der Waals surface area contributed by atoms with Gasteiger partial charge in [-0.3, -0.25) is 9.69 Å². The summed E-state index contributed by atoms with van der Waals surface area (Å²) >= 11 is 5.79. The number of carbonyl (C=O) groups excluding carboxylic acids is 1. The quantitative estimate of drug-likeness (QED) is 0.768. The van der Waals surface area contributed by atoms with Crippen molar-refractivity contribution < 1.29 is 4.79 Å². The van der Waals surface area contributed by atoms with Gasteiger partial charge in [-0.05, 0) is 45.2 Å². The number of nitrogens with zero attached hydrogens (tertiary/aromatic N) is 2. The van der Waals surface area contributed by atoms with Gasteiger partial charge in [0.15, 0.2) is 5.78 Å². The third-order valence-electron chi connectivity index (χ3n) is 2.95. The minimum atomic E-state index is -0.248. The van der Waals surface area contributed by atoms with Crippen LogP contribution in [0.3, 0.4) is 0 Å². The van der Waals surface area contributed by atoms with Crippen LogP contribution in [0, 0.1) is 17.2 Å². The summed E-state index contributed by atoms with van der Waals surface area (Å²) in [5.41, 5.74) is 0.642. The molecule has 0 aliphatic carbocycles. The fourth-order valence-corrected chi connectivity index (χ4v) is 1.81. The SMILES string of the molecule is CC(C#N)CN(C)C(C)C(=O)c1ccc(Cl)cc1. The van der Waals surface area contributed by atoms with E-state index in [0.29, 0.717) is 17.1 Å². The average molecular weight is 265 g/mol. The van der Waals surface area contributed by atoms with Crippen molar-refractivity contribution in [2.75, 3.05) is 13.6 Å². The lowest BCUT2D eigenvalue weighted by atomic mass is 10.0. The molecule has 0 amide bonds. The van der Waals surface area contributed by atoms with Crippen LogP contribution in [0.1, 0.15) is 24.2 Å². The smallest absolute Gasteiger partial charge is 0.179 e. The summed E-state index contributed by atoms with van der Waals surface area (Å²) < 4.78 is 0. The number of benzene rings is 1. The Hall–Kier alpha value is -1.37. The minimum absolute atomic E-state index is 0.0410. The highest BCUT2D eigenvalue weighted by Crippen LogP contribution is 2.13. The van der Waals surface area contributed by atoms with Gasteiger partial charge >= 0.3 is 0 Å². The van der Waals surface area contributed by atoms with Crippen molar-refractivity contribution in [1.29, 1.82) is 5.26 Å². The Morgan fingerprint density at radius 3 is 2.44 bits per heavy atom. The van der Waals surface area contributed by atoms with E-state index in [1.54, 1.807) is 24.3 Å². The third kappa shape index (κ3) is 3.83. The summed E-state index contributed by atoms with van der Waals surface area (Å²) in [6.45, 7) is 4.27. The van der Waals surface area contributed by atoms with Crippen LogP contribution in [-0.2, 0) is 0 Å². The molecule has 3 nitrogen and oxygen atoms in total. The molecule has 0 spiro atoms. The van der Waals surface area contributed by atoms with Gasteiger partial charge < -0.3 is 0 Å². The zero-order valence-corrected chi connectivity index (χ0v) is 11.6. The van der Waals surface area contributed by atoms with Crippen LogP contribution in [0.5, 0.6) is 0 Å². The summed E-state index contributed by atoms with van der Waals surface area (Å²) in [7, 11) is 1.85. The van der Waals surface area contributed by atoms with E-state index in [1.165, 1.54) is 0 Å². The fraction of sp³-hybridized carbons (Fsp3) is 0.429. The predicted octanol–water partition coefficient (Wildman–Crippen LogP) is 3.00. The van der Waals surface area contributed by atoms with Crippen molar-refractivity contribution in [3.63, 3.8) is 0 Å². The Morgan fingerprint density at radius 1 is 1.39 bits per heavy atom. The number of Topliss-reactive ketones (excluding diaryl/α,β-unsaturated/α-hetero) is 1. The largest absolute Gasteiger partial charge is 0.295 e. The van der Waals surface area contributed by atoms with E-state index in [4.69, 9.17) is 16.9 Å². The Bertz CT molecular complexity index is 450. The van der Waals surface area contributed by atoms with Gasteiger partial charge in [0.05, 0.1) is 18.0 Å². The molecule has 4 heteroatoms. The molecule has 18 heavy (non-hydrogen) atoms. The van der Waals surface area contributed by atoms with Gasteiger partial charge in [0.25, 0.3) is 0 Å². The van der Waals surface area contributed by atoms with Crippen LogP contribution >= 0.6 is 11.6 Å². The molecule has 0 aliphatic rings. The lowest BCUT2D eigenvalue weighted by Gasteiger charge is -2.24. The van der Waals surface area contributed by atoms with Crippen LogP contribution in [-0.4, -0.2) is 30.3 Å². The van der Waals surface area contributed by atoms with E-state index in [9.17, 15) is 4.79 Å². The molecular weight excluding hydrogens is 248 g/mol. The molecular formula is C14H17ClN2O. The van der Waals surface area contributed by atoms with Crippen LogP contribution < -0.4 is 0 Å². The lowest BCUT2D eigenvalue weighted by Crippen LogP contribution is -2.38. The van der Waals surface area contributed by atoms with Crippen molar-refractivity contribution in [3.05, 3.63) is 34.9 Å². The van der Waals surface area contributed by atoms with E-state index < -0.39 is 0 Å². The van der Waals surface area contributed by atoms with Gasteiger partial charge in [0, 0.05) is 17.1 Å². The highest BCUT2D eigenvalue weighted by Gasteiger charge is 2.20. The number of likely N-dealkylation sites (N-methyl/N-ethyl adjacent to an activating group) is 1. The van der Waals surface area contributed by atoms with E-state index in [2.05, 4.69) is 6.07 Å². The van der Waals surface area contributed by atoms with Gasteiger partial charge in [-0.15, -0.1) is 0 Å². The lowest BCUT2D eigenvalue weighted by molar-refractivity contribution is 0.0862. The highest BCUT2D eigenvalue weighted by atomic mass is 35.5. The van der Waals surface area contributed by atoms with Crippen LogP contribution in [0.15, 0.2) is 24.3 Å². The Kier molecular flexibility index (Phi) is 5.33. The zero-order chi connectivity index (χ0) is 13.7. The molecule has 0 fully saturated rings. The first-order chi connectivity index (χ1) is 8.45. The Morgan fingerprint density at radius 2 is 1.94 bits per heavy atom. The monoisotopic (exact) mass is 264 g/mol. The van der Waals surface area contributed by atoms with E-state index in [-0.39, 0.29) is 17.7 Å². The van der Waals surface area contributed by atoms with Gasteiger partial charge in [0.2, 0.25) is 0 Å². The second-order valence-electron chi connectivity index (χ2n) is 4.52. The van der Waals surface area contributed by atoms with Gasteiger partial charge in [-0.2, -0.15) is 5.26 Å². The van der Waals surface area contributed by atoms with Gasteiger partial charge in [-0.1, -0.05) is 11.6 Å². The number of hydrogen-bond acceptors (Lipinski definition) is 3. The van der Waals surface area contributed by atoms with Crippen LogP contribution in [0.4, 0.5) is 0 Å². The number of halogens is 1. The van der Waals surface area contributed by atoms with Crippen LogP contribution in [0.2, 0.25) is 5.02 Å². The summed E-state index contributed by atoms with van der Waals surface area (Å²) in [5, 5.41) is 9.39. The molecule has 2 atom stereocenters. The standard InChI is InChI=1S/C14H17ClN2O/c1-10(8-16)9-17(3)11(2)14(18)12-4-6-13(15)7-5-12/h4-7,10-11H,9H2,1-3H3. The summed E-state index contributed by atoms with van der Waals surface area (Å²) in [6.07, 6.45) is 0. The number of ketones is 1. The molecule has 1 aromatic rings. The summed E-state index contributed by atoms with van der Waals surface area (Å²) in [6, 6.07) is 8.78. The predicted molar refractivity (Wildman–Crippen MR) is 72.7 cm³/mol. The number of hydrogen-bond donors (Lipinski definition) is 0. The minimum Gasteiger partial charge on any atom is -0.295 e. The maximum absolute atomic E-state index is 12.2. The molecule has 0 saturated carbocycles. The maximum atomic E-state index is 12.2.